The van der Waals surface area contributed by atoms with E-state index < -0.39 is 5.60 Å². The number of aliphatic hydroxyl groups is 2. The molecule has 0 spiro atoms. The van der Waals surface area contributed by atoms with E-state index in [1.54, 1.807) is 0 Å². The summed E-state index contributed by atoms with van der Waals surface area (Å²) in [5.41, 5.74) is -0.628. The van der Waals surface area contributed by atoms with Gasteiger partial charge >= 0.3 is 0 Å². The Morgan fingerprint density at radius 3 is 2.61 bits per heavy atom. The fraction of sp³-hybridized carbons (Fsp3) is 0.875. The van der Waals surface area contributed by atoms with Gasteiger partial charge in [-0.2, -0.15) is 0 Å². The van der Waals surface area contributed by atoms with Gasteiger partial charge in [-0.25, -0.2) is 0 Å². The fourth-order valence-electron chi connectivity index (χ4n) is 7.90. The molecule has 0 aliphatic heterocycles. The van der Waals surface area contributed by atoms with Crippen LogP contribution in [0.4, 0.5) is 0 Å². The summed E-state index contributed by atoms with van der Waals surface area (Å²) in [5.74, 6) is 10.3. The van der Waals surface area contributed by atoms with Crippen LogP contribution in [0.3, 0.4) is 0 Å². The Hall–Kier alpha value is -0.370. The first kappa shape index (κ1) is 20.9. The van der Waals surface area contributed by atoms with Gasteiger partial charge in [0.05, 0.1) is 11.9 Å². The Kier molecular flexibility index (Phi) is 6.00. The molecule has 0 unspecified atom stereocenters. The molecule has 4 rings (SSSR count). The lowest BCUT2D eigenvalue weighted by Crippen LogP contribution is -2.51. The van der Waals surface area contributed by atoms with Crippen molar-refractivity contribution < 1.29 is 15.0 Å². The smallest absolute Gasteiger partial charge is 0.147 e. The number of carbonyl (C=O) groups is 1. The minimum absolute atomic E-state index is 0.0671. The number of halogens is 1. The first-order chi connectivity index (χ1) is 13.4. The SMILES string of the molecule is C[C@]12CC[C@H]3[C@@H](CC[C@@H]4C[C@@](O)(C#CCCO)CC[C@@H]43)[C@@H]1CC[C@@H]2C(=O)CBr. The number of carbonyl (C=O) groups excluding carboxylic acids is 1. The zero-order valence-corrected chi connectivity index (χ0v) is 18.7. The summed E-state index contributed by atoms with van der Waals surface area (Å²) >= 11 is 3.41. The summed E-state index contributed by atoms with van der Waals surface area (Å²) in [6.07, 6.45) is 10.4. The minimum Gasteiger partial charge on any atom is -0.395 e. The molecule has 156 valence electrons. The number of Topliss-reactive ketones (excluding diaryl/α,β-unsaturated/α-hetero) is 1. The maximum atomic E-state index is 12.5. The normalized spacial score (nSPS) is 47.3. The molecule has 4 saturated carbocycles. The van der Waals surface area contributed by atoms with Gasteiger partial charge in [0.2, 0.25) is 0 Å². The molecule has 0 radical (unpaired) electrons. The third-order valence-electron chi connectivity index (χ3n) is 9.09. The van der Waals surface area contributed by atoms with Crippen LogP contribution in [0.15, 0.2) is 0 Å². The zero-order valence-electron chi connectivity index (χ0n) is 17.1. The average Bonchev–Trinajstić information content (AvgIpc) is 3.04. The number of hydrogen-bond donors (Lipinski definition) is 2. The van der Waals surface area contributed by atoms with Crippen LogP contribution >= 0.6 is 15.9 Å². The summed E-state index contributed by atoms with van der Waals surface area (Å²) in [7, 11) is 0. The largest absolute Gasteiger partial charge is 0.395 e. The highest BCUT2D eigenvalue weighted by atomic mass is 79.9. The molecule has 0 aromatic heterocycles. The monoisotopic (exact) mass is 450 g/mol. The molecule has 8 atom stereocenters. The lowest BCUT2D eigenvalue weighted by molar-refractivity contribution is -0.129. The van der Waals surface area contributed by atoms with Gasteiger partial charge in [0.15, 0.2) is 0 Å². The average molecular weight is 451 g/mol. The zero-order chi connectivity index (χ0) is 19.9. The van der Waals surface area contributed by atoms with E-state index in [-0.39, 0.29) is 17.9 Å². The second-order valence-electron chi connectivity index (χ2n) is 10.3. The van der Waals surface area contributed by atoms with E-state index in [9.17, 15) is 9.90 Å². The molecule has 3 nitrogen and oxygen atoms in total. The molecule has 28 heavy (non-hydrogen) atoms. The van der Waals surface area contributed by atoms with Crippen molar-refractivity contribution in [3.8, 4) is 11.8 Å². The Balaban J connectivity index is 1.47. The third-order valence-corrected chi connectivity index (χ3v) is 9.64. The van der Waals surface area contributed by atoms with Crippen molar-refractivity contribution in [3.05, 3.63) is 0 Å². The van der Waals surface area contributed by atoms with Crippen LogP contribution < -0.4 is 0 Å². The molecule has 4 fully saturated rings. The van der Waals surface area contributed by atoms with Gasteiger partial charge in [-0.1, -0.05) is 34.7 Å². The van der Waals surface area contributed by atoms with Crippen molar-refractivity contribution in [2.75, 3.05) is 11.9 Å². The van der Waals surface area contributed by atoms with Crippen LogP contribution in [0.5, 0.6) is 0 Å². The fourth-order valence-corrected chi connectivity index (χ4v) is 8.29. The highest BCUT2D eigenvalue weighted by Crippen LogP contribution is 2.64. The van der Waals surface area contributed by atoms with Crippen LogP contribution in [0.25, 0.3) is 0 Å². The van der Waals surface area contributed by atoms with E-state index in [2.05, 4.69) is 34.7 Å². The maximum absolute atomic E-state index is 12.5. The molecular weight excluding hydrogens is 416 g/mol. The molecule has 0 heterocycles. The molecular formula is C24H35BrO3. The van der Waals surface area contributed by atoms with Crippen LogP contribution in [0.2, 0.25) is 0 Å². The molecule has 0 aromatic carbocycles. The van der Waals surface area contributed by atoms with Gasteiger partial charge in [-0.15, -0.1) is 0 Å². The molecule has 0 aromatic rings. The lowest BCUT2D eigenvalue weighted by atomic mass is 9.49. The van der Waals surface area contributed by atoms with Crippen LogP contribution in [-0.2, 0) is 4.79 Å². The number of alkyl halides is 1. The first-order valence-electron chi connectivity index (χ1n) is 11.3. The van der Waals surface area contributed by atoms with Crippen molar-refractivity contribution in [3.63, 3.8) is 0 Å². The molecule has 4 aliphatic carbocycles. The number of aliphatic hydroxyl groups excluding tert-OH is 1. The number of ketones is 1. The van der Waals surface area contributed by atoms with Gasteiger partial charge in [-0.05, 0) is 92.8 Å². The second-order valence-corrected chi connectivity index (χ2v) is 10.8. The van der Waals surface area contributed by atoms with E-state index >= 15 is 0 Å². The molecule has 4 aliphatic rings. The quantitative estimate of drug-likeness (QED) is 0.496. The Labute approximate surface area is 178 Å². The van der Waals surface area contributed by atoms with E-state index in [1.165, 1.54) is 32.1 Å². The van der Waals surface area contributed by atoms with Crippen molar-refractivity contribution in [2.45, 2.75) is 76.7 Å². The maximum Gasteiger partial charge on any atom is 0.147 e. The number of fused-ring (bicyclic) bond motifs is 5. The molecule has 2 N–H and O–H groups in total. The minimum atomic E-state index is -0.840. The van der Waals surface area contributed by atoms with Crippen LogP contribution in [0, 0.1) is 52.8 Å². The summed E-state index contributed by atoms with van der Waals surface area (Å²) in [6, 6.07) is 0. The highest BCUT2D eigenvalue weighted by molar-refractivity contribution is 9.09. The predicted octanol–water partition coefficient (Wildman–Crippen LogP) is 4.34. The van der Waals surface area contributed by atoms with Crippen molar-refractivity contribution >= 4 is 21.7 Å². The Morgan fingerprint density at radius 2 is 1.86 bits per heavy atom. The summed E-state index contributed by atoms with van der Waals surface area (Å²) < 4.78 is 0. The van der Waals surface area contributed by atoms with Gasteiger partial charge in [0, 0.05) is 12.3 Å². The van der Waals surface area contributed by atoms with Gasteiger partial charge in [-0.3, -0.25) is 4.79 Å². The van der Waals surface area contributed by atoms with E-state index in [0.29, 0.717) is 29.4 Å². The van der Waals surface area contributed by atoms with E-state index in [1.807, 2.05) is 0 Å². The van der Waals surface area contributed by atoms with Crippen molar-refractivity contribution in [1.29, 1.82) is 0 Å². The van der Waals surface area contributed by atoms with Crippen LogP contribution in [0.1, 0.15) is 71.1 Å². The predicted molar refractivity (Wildman–Crippen MR) is 114 cm³/mol. The second kappa shape index (κ2) is 8.05. The standard InChI is InChI=1S/C24H35BrO3/c1-23-11-8-18-17-9-12-24(28,10-2-3-13-26)14-16(17)4-5-19(18)20(23)6-7-21(23)22(27)15-25/h16-21,26,28H,3-9,11-15H2,1H3/t16-,17+,18-,19-,20+,21-,23+,24-/m1/s1. The van der Waals surface area contributed by atoms with E-state index in [0.717, 1.165) is 43.4 Å². The van der Waals surface area contributed by atoms with Crippen LogP contribution in [-0.4, -0.2) is 33.5 Å². The molecule has 0 bridgehead atoms. The van der Waals surface area contributed by atoms with Crippen molar-refractivity contribution in [2.24, 2.45) is 40.9 Å². The number of hydrogen-bond acceptors (Lipinski definition) is 3. The summed E-state index contributed by atoms with van der Waals surface area (Å²) in [5, 5.41) is 20.4. The summed E-state index contributed by atoms with van der Waals surface area (Å²) in [6.45, 7) is 2.48. The highest BCUT2D eigenvalue weighted by Gasteiger charge is 2.58. The first-order valence-corrected chi connectivity index (χ1v) is 12.5. The Morgan fingerprint density at radius 1 is 1.07 bits per heavy atom. The summed E-state index contributed by atoms with van der Waals surface area (Å²) in [4.78, 5) is 12.5. The molecule has 4 heteroatoms. The lowest BCUT2D eigenvalue weighted by Gasteiger charge is -2.56. The topological polar surface area (TPSA) is 57.5 Å². The van der Waals surface area contributed by atoms with Gasteiger partial charge < -0.3 is 10.2 Å². The van der Waals surface area contributed by atoms with Gasteiger partial charge in [0.25, 0.3) is 0 Å². The van der Waals surface area contributed by atoms with Crippen molar-refractivity contribution in [1.82, 2.24) is 0 Å². The number of rotatable bonds is 3. The molecule has 0 amide bonds. The third kappa shape index (κ3) is 3.50. The van der Waals surface area contributed by atoms with Gasteiger partial charge in [0.1, 0.15) is 11.4 Å². The van der Waals surface area contributed by atoms with E-state index in [4.69, 9.17) is 5.11 Å². The molecule has 0 saturated heterocycles. The Bertz CT molecular complexity index is 666.